The van der Waals surface area contributed by atoms with Crippen molar-refractivity contribution < 1.29 is 4.74 Å². The number of hydrogen-bond acceptors (Lipinski definition) is 2. The fourth-order valence-corrected chi connectivity index (χ4v) is 2.37. The first kappa shape index (κ1) is 10.8. The second kappa shape index (κ2) is 4.90. The normalized spacial score (nSPS) is 20.8. The molecule has 2 heterocycles. The topological polar surface area (TPSA) is 37.0 Å². The van der Waals surface area contributed by atoms with Crippen molar-refractivity contribution in [1.82, 2.24) is 10.3 Å². The second-order valence-electron chi connectivity index (χ2n) is 4.69. The van der Waals surface area contributed by atoms with Gasteiger partial charge in [0.05, 0.1) is 6.61 Å². The van der Waals surface area contributed by atoms with Crippen molar-refractivity contribution in [2.45, 2.75) is 25.4 Å². The molecule has 1 fully saturated rings. The molecule has 17 heavy (non-hydrogen) atoms. The van der Waals surface area contributed by atoms with Gasteiger partial charge in [-0.05, 0) is 35.9 Å². The third kappa shape index (κ3) is 2.51. The maximum absolute atomic E-state index is 5.46. The summed E-state index contributed by atoms with van der Waals surface area (Å²) in [6, 6.07) is 9.18. The van der Waals surface area contributed by atoms with E-state index < -0.39 is 0 Å². The highest BCUT2D eigenvalue weighted by Gasteiger charge is 2.12. The summed E-state index contributed by atoms with van der Waals surface area (Å²) in [5.41, 5.74) is 2.54. The number of aromatic amines is 1. The largest absolute Gasteiger partial charge is 0.380 e. The molecule has 1 atom stereocenters. The standard InChI is InChI=1S/C14H18N2O/c1-2-13(10-17-7-1)16-9-11-3-4-12-5-6-15-14(12)8-11/h3-6,8,13,15-16H,1-2,7,9-10H2. The molecule has 0 bridgehead atoms. The summed E-state index contributed by atoms with van der Waals surface area (Å²) in [6.45, 7) is 2.69. The van der Waals surface area contributed by atoms with E-state index in [1.54, 1.807) is 0 Å². The molecular weight excluding hydrogens is 212 g/mol. The van der Waals surface area contributed by atoms with Crippen LogP contribution in [-0.2, 0) is 11.3 Å². The van der Waals surface area contributed by atoms with Crippen LogP contribution in [0.3, 0.4) is 0 Å². The van der Waals surface area contributed by atoms with E-state index in [2.05, 4.69) is 34.6 Å². The average Bonchev–Trinajstić information content (AvgIpc) is 2.85. The van der Waals surface area contributed by atoms with Crippen LogP contribution in [0.2, 0.25) is 0 Å². The summed E-state index contributed by atoms with van der Waals surface area (Å²) in [4.78, 5) is 3.25. The number of fused-ring (bicyclic) bond motifs is 1. The molecule has 0 saturated carbocycles. The molecule has 1 aliphatic heterocycles. The van der Waals surface area contributed by atoms with Gasteiger partial charge in [-0.15, -0.1) is 0 Å². The lowest BCUT2D eigenvalue weighted by Crippen LogP contribution is -2.36. The lowest BCUT2D eigenvalue weighted by molar-refractivity contribution is 0.0699. The van der Waals surface area contributed by atoms with Gasteiger partial charge in [0.15, 0.2) is 0 Å². The lowest BCUT2D eigenvalue weighted by Gasteiger charge is -2.23. The van der Waals surface area contributed by atoms with Crippen LogP contribution >= 0.6 is 0 Å². The predicted molar refractivity (Wildman–Crippen MR) is 69.0 cm³/mol. The highest BCUT2D eigenvalue weighted by atomic mass is 16.5. The molecule has 1 aromatic heterocycles. The summed E-state index contributed by atoms with van der Waals surface area (Å²) in [7, 11) is 0. The van der Waals surface area contributed by atoms with Crippen LogP contribution in [0.5, 0.6) is 0 Å². The number of ether oxygens (including phenoxy) is 1. The fourth-order valence-electron chi connectivity index (χ4n) is 2.37. The lowest BCUT2D eigenvalue weighted by atomic mass is 10.1. The van der Waals surface area contributed by atoms with E-state index in [-0.39, 0.29) is 0 Å². The first-order valence-corrected chi connectivity index (χ1v) is 6.29. The molecule has 1 aromatic carbocycles. The summed E-state index contributed by atoms with van der Waals surface area (Å²) < 4.78 is 5.46. The van der Waals surface area contributed by atoms with Gasteiger partial charge in [-0.1, -0.05) is 12.1 Å². The van der Waals surface area contributed by atoms with Crippen molar-refractivity contribution in [3.8, 4) is 0 Å². The molecule has 3 nitrogen and oxygen atoms in total. The van der Waals surface area contributed by atoms with Crippen LogP contribution in [0, 0.1) is 0 Å². The van der Waals surface area contributed by atoms with Gasteiger partial charge in [0.25, 0.3) is 0 Å². The van der Waals surface area contributed by atoms with Crippen molar-refractivity contribution in [3.63, 3.8) is 0 Å². The molecule has 0 amide bonds. The van der Waals surface area contributed by atoms with E-state index in [1.807, 2.05) is 6.20 Å². The molecule has 3 heteroatoms. The summed E-state index contributed by atoms with van der Waals surface area (Å²) in [5, 5.41) is 4.83. The van der Waals surface area contributed by atoms with Crippen LogP contribution in [0.15, 0.2) is 30.5 Å². The predicted octanol–water partition coefficient (Wildman–Crippen LogP) is 2.44. The minimum absolute atomic E-state index is 0.517. The number of rotatable bonds is 3. The third-order valence-corrected chi connectivity index (χ3v) is 3.37. The molecule has 1 aliphatic rings. The molecule has 0 radical (unpaired) electrons. The second-order valence-corrected chi connectivity index (χ2v) is 4.69. The first-order valence-electron chi connectivity index (χ1n) is 6.29. The Morgan fingerprint density at radius 2 is 2.35 bits per heavy atom. The zero-order valence-corrected chi connectivity index (χ0v) is 9.91. The number of aromatic nitrogens is 1. The average molecular weight is 230 g/mol. The molecule has 90 valence electrons. The molecule has 2 N–H and O–H groups in total. The Bertz CT molecular complexity index is 486. The summed E-state index contributed by atoms with van der Waals surface area (Å²) >= 11 is 0. The zero-order valence-electron chi connectivity index (χ0n) is 9.91. The van der Waals surface area contributed by atoms with Crippen LogP contribution in [-0.4, -0.2) is 24.2 Å². The monoisotopic (exact) mass is 230 g/mol. The van der Waals surface area contributed by atoms with E-state index in [1.165, 1.54) is 29.3 Å². The highest BCUT2D eigenvalue weighted by molar-refractivity contribution is 5.79. The Kier molecular flexibility index (Phi) is 3.12. The third-order valence-electron chi connectivity index (χ3n) is 3.37. The quantitative estimate of drug-likeness (QED) is 0.849. The number of H-pyrrole nitrogens is 1. The zero-order chi connectivity index (χ0) is 11.5. The molecular formula is C14H18N2O. The van der Waals surface area contributed by atoms with Crippen molar-refractivity contribution in [1.29, 1.82) is 0 Å². The smallest absolute Gasteiger partial charge is 0.0619 e. The summed E-state index contributed by atoms with van der Waals surface area (Å²) in [5.74, 6) is 0. The molecule has 0 aliphatic carbocycles. The Labute approximate surface area is 101 Å². The van der Waals surface area contributed by atoms with Gasteiger partial charge < -0.3 is 15.0 Å². The number of nitrogens with one attached hydrogen (secondary N) is 2. The molecule has 1 unspecified atom stereocenters. The maximum Gasteiger partial charge on any atom is 0.0619 e. The van der Waals surface area contributed by atoms with E-state index in [4.69, 9.17) is 4.74 Å². The van der Waals surface area contributed by atoms with E-state index >= 15 is 0 Å². The van der Waals surface area contributed by atoms with Crippen molar-refractivity contribution in [2.24, 2.45) is 0 Å². The Morgan fingerprint density at radius 1 is 1.35 bits per heavy atom. The summed E-state index contributed by atoms with van der Waals surface area (Å²) in [6.07, 6.45) is 4.38. The van der Waals surface area contributed by atoms with Crippen LogP contribution in [0.25, 0.3) is 10.9 Å². The van der Waals surface area contributed by atoms with Crippen LogP contribution < -0.4 is 5.32 Å². The van der Waals surface area contributed by atoms with E-state index in [0.717, 1.165) is 19.8 Å². The number of hydrogen-bond donors (Lipinski definition) is 2. The van der Waals surface area contributed by atoms with Gasteiger partial charge in [0.1, 0.15) is 0 Å². The Hall–Kier alpha value is -1.32. The highest BCUT2D eigenvalue weighted by Crippen LogP contribution is 2.14. The van der Waals surface area contributed by atoms with Crippen molar-refractivity contribution in [2.75, 3.05) is 13.2 Å². The van der Waals surface area contributed by atoms with Gasteiger partial charge in [0, 0.05) is 30.9 Å². The van der Waals surface area contributed by atoms with Gasteiger partial charge in [0.2, 0.25) is 0 Å². The molecule has 0 spiro atoms. The van der Waals surface area contributed by atoms with Crippen LogP contribution in [0.1, 0.15) is 18.4 Å². The molecule has 1 saturated heterocycles. The van der Waals surface area contributed by atoms with E-state index in [0.29, 0.717) is 6.04 Å². The van der Waals surface area contributed by atoms with Gasteiger partial charge >= 0.3 is 0 Å². The van der Waals surface area contributed by atoms with Crippen molar-refractivity contribution in [3.05, 3.63) is 36.0 Å². The minimum atomic E-state index is 0.517. The van der Waals surface area contributed by atoms with Gasteiger partial charge in [-0.3, -0.25) is 0 Å². The fraction of sp³-hybridized carbons (Fsp3) is 0.429. The van der Waals surface area contributed by atoms with Gasteiger partial charge in [-0.2, -0.15) is 0 Å². The van der Waals surface area contributed by atoms with E-state index in [9.17, 15) is 0 Å². The Morgan fingerprint density at radius 3 is 3.24 bits per heavy atom. The first-order chi connectivity index (χ1) is 8.42. The van der Waals surface area contributed by atoms with Crippen LogP contribution in [0.4, 0.5) is 0 Å². The SMILES string of the molecule is c1cc2ccc(CNC3CCCOC3)cc2[nH]1. The molecule has 3 rings (SSSR count). The van der Waals surface area contributed by atoms with Gasteiger partial charge in [-0.25, -0.2) is 0 Å². The minimum Gasteiger partial charge on any atom is -0.380 e. The number of benzene rings is 1. The molecule has 2 aromatic rings. The Balaban J connectivity index is 1.63. The van der Waals surface area contributed by atoms with Crippen molar-refractivity contribution >= 4 is 10.9 Å². The maximum atomic E-state index is 5.46.